The van der Waals surface area contributed by atoms with E-state index in [2.05, 4.69) is 9.71 Å². The highest BCUT2D eigenvalue weighted by atomic mass is 35.5. The molecule has 2 aromatic rings. The molecule has 2 rings (SSSR count). The molecule has 0 bridgehead atoms. The van der Waals surface area contributed by atoms with Crippen molar-refractivity contribution >= 4 is 27.3 Å². The molecule has 106 valence electrons. The zero-order valence-corrected chi connectivity index (χ0v) is 12.4. The fourth-order valence-electron chi connectivity index (χ4n) is 1.73. The topological polar surface area (TPSA) is 59.1 Å². The van der Waals surface area contributed by atoms with E-state index >= 15 is 0 Å². The number of aromatic nitrogens is 1. The SMILES string of the molecule is Cc1ccc(NS(=O)(=O)c2c(F)cccc2Cl)c(C)n1. The second kappa shape index (κ2) is 5.38. The van der Waals surface area contributed by atoms with Crippen molar-refractivity contribution in [2.45, 2.75) is 18.7 Å². The molecule has 7 heteroatoms. The molecule has 1 aromatic carbocycles. The summed E-state index contributed by atoms with van der Waals surface area (Å²) in [6.45, 7) is 3.45. The molecule has 0 spiro atoms. The molecule has 0 aliphatic carbocycles. The Morgan fingerprint density at radius 2 is 1.90 bits per heavy atom. The Kier molecular flexibility index (Phi) is 3.96. The van der Waals surface area contributed by atoms with Crippen molar-refractivity contribution in [3.8, 4) is 0 Å². The highest BCUT2D eigenvalue weighted by Crippen LogP contribution is 2.27. The predicted molar refractivity (Wildman–Crippen MR) is 75.9 cm³/mol. The lowest BCUT2D eigenvalue weighted by Crippen LogP contribution is -2.16. The van der Waals surface area contributed by atoms with Crippen molar-refractivity contribution in [2.75, 3.05) is 4.72 Å². The number of hydrogen-bond acceptors (Lipinski definition) is 3. The third-order valence-electron chi connectivity index (χ3n) is 2.66. The number of rotatable bonds is 3. The van der Waals surface area contributed by atoms with Gasteiger partial charge in [-0.3, -0.25) is 9.71 Å². The lowest BCUT2D eigenvalue weighted by Gasteiger charge is -2.12. The lowest BCUT2D eigenvalue weighted by atomic mass is 10.3. The molecule has 0 amide bonds. The van der Waals surface area contributed by atoms with Crippen molar-refractivity contribution in [3.63, 3.8) is 0 Å². The molecule has 0 aliphatic rings. The molecule has 0 saturated heterocycles. The highest BCUT2D eigenvalue weighted by molar-refractivity contribution is 7.92. The molecule has 0 radical (unpaired) electrons. The Hall–Kier alpha value is -1.66. The monoisotopic (exact) mass is 314 g/mol. The quantitative estimate of drug-likeness (QED) is 0.945. The van der Waals surface area contributed by atoms with Crippen LogP contribution in [0.2, 0.25) is 5.02 Å². The van der Waals surface area contributed by atoms with E-state index in [4.69, 9.17) is 11.6 Å². The molecule has 0 saturated carbocycles. The average Bonchev–Trinajstić information content (AvgIpc) is 2.32. The summed E-state index contributed by atoms with van der Waals surface area (Å²) in [6.07, 6.45) is 0. The van der Waals surface area contributed by atoms with Crippen LogP contribution >= 0.6 is 11.6 Å². The van der Waals surface area contributed by atoms with Gasteiger partial charge in [-0.05, 0) is 38.1 Å². The van der Waals surface area contributed by atoms with Crippen LogP contribution in [0, 0.1) is 19.7 Å². The molecule has 4 nitrogen and oxygen atoms in total. The molecule has 1 heterocycles. The minimum absolute atomic E-state index is 0.171. The van der Waals surface area contributed by atoms with E-state index < -0.39 is 20.7 Å². The van der Waals surface area contributed by atoms with Crippen LogP contribution in [0.15, 0.2) is 35.2 Å². The number of hydrogen-bond donors (Lipinski definition) is 1. The van der Waals surface area contributed by atoms with Gasteiger partial charge < -0.3 is 0 Å². The van der Waals surface area contributed by atoms with Crippen molar-refractivity contribution in [2.24, 2.45) is 0 Å². The number of sulfonamides is 1. The largest absolute Gasteiger partial charge is 0.278 e. The summed E-state index contributed by atoms with van der Waals surface area (Å²) in [5, 5.41) is -0.171. The number of anilines is 1. The molecule has 20 heavy (non-hydrogen) atoms. The second-order valence-corrected chi connectivity index (χ2v) is 6.27. The Balaban J connectivity index is 2.46. The zero-order chi connectivity index (χ0) is 14.9. The van der Waals surface area contributed by atoms with E-state index in [0.717, 1.165) is 11.8 Å². The van der Waals surface area contributed by atoms with Gasteiger partial charge in [-0.2, -0.15) is 0 Å². The van der Waals surface area contributed by atoms with Gasteiger partial charge in [0.2, 0.25) is 0 Å². The molecule has 0 aliphatic heterocycles. The third kappa shape index (κ3) is 2.91. The van der Waals surface area contributed by atoms with Crippen LogP contribution < -0.4 is 4.72 Å². The van der Waals surface area contributed by atoms with Crippen molar-refractivity contribution in [1.29, 1.82) is 0 Å². The molecule has 0 fully saturated rings. The Bertz CT molecular complexity index is 743. The van der Waals surface area contributed by atoms with Crippen molar-refractivity contribution < 1.29 is 12.8 Å². The minimum atomic E-state index is -4.11. The van der Waals surface area contributed by atoms with E-state index in [1.165, 1.54) is 12.1 Å². The highest BCUT2D eigenvalue weighted by Gasteiger charge is 2.23. The normalized spacial score (nSPS) is 11.4. The number of halogens is 2. The maximum Gasteiger partial charge on any atom is 0.266 e. The molecular weight excluding hydrogens is 303 g/mol. The predicted octanol–water partition coefficient (Wildman–Crippen LogP) is 3.29. The van der Waals surface area contributed by atoms with Gasteiger partial charge in [0.05, 0.1) is 16.4 Å². The first kappa shape index (κ1) is 14.7. The standard InChI is InChI=1S/C13H12ClFN2O2S/c1-8-6-7-12(9(2)16-8)17-20(18,19)13-10(14)4-3-5-11(13)15/h3-7,17H,1-2H3. The second-order valence-electron chi connectivity index (χ2n) is 4.24. The van der Waals surface area contributed by atoms with Gasteiger partial charge in [-0.25, -0.2) is 12.8 Å². The number of nitrogens with zero attached hydrogens (tertiary/aromatic N) is 1. The summed E-state index contributed by atoms with van der Waals surface area (Å²) >= 11 is 5.77. The Morgan fingerprint density at radius 1 is 1.20 bits per heavy atom. The van der Waals surface area contributed by atoms with Gasteiger partial charge in [-0.1, -0.05) is 17.7 Å². The van der Waals surface area contributed by atoms with Gasteiger partial charge in [0, 0.05) is 5.69 Å². The van der Waals surface area contributed by atoms with Crippen molar-refractivity contribution in [3.05, 3.63) is 52.6 Å². The summed E-state index contributed by atoms with van der Waals surface area (Å²) in [6, 6.07) is 6.94. The first-order valence-corrected chi connectivity index (χ1v) is 7.58. The van der Waals surface area contributed by atoms with Crippen molar-refractivity contribution in [1.82, 2.24) is 4.98 Å². The molecular formula is C13H12ClFN2O2S. The molecule has 0 unspecified atom stereocenters. The molecule has 1 aromatic heterocycles. The van der Waals surface area contributed by atoms with Gasteiger partial charge in [0.15, 0.2) is 0 Å². The summed E-state index contributed by atoms with van der Waals surface area (Å²) in [5.41, 5.74) is 1.55. The Morgan fingerprint density at radius 3 is 2.50 bits per heavy atom. The number of aryl methyl sites for hydroxylation is 2. The summed E-state index contributed by atoms with van der Waals surface area (Å²) in [5.74, 6) is -0.900. The third-order valence-corrected chi connectivity index (χ3v) is 4.53. The van der Waals surface area contributed by atoms with Crippen LogP contribution in [0.4, 0.5) is 10.1 Å². The first-order valence-electron chi connectivity index (χ1n) is 5.72. The van der Waals surface area contributed by atoms with E-state index in [1.807, 2.05) is 0 Å². The lowest BCUT2D eigenvalue weighted by molar-refractivity contribution is 0.570. The van der Waals surface area contributed by atoms with Crippen LogP contribution in [0.5, 0.6) is 0 Å². The summed E-state index contributed by atoms with van der Waals surface area (Å²) < 4.78 is 40.4. The molecule has 0 atom stereocenters. The maximum absolute atomic E-state index is 13.7. The van der Waals surface area contributed by atoms with Gasteiger partial charge in [0.25, 0.3) is 10.0 Å². The number of benzene rings is 1. The summed E-state index contributed by atoms with van der Waals surface area (Å²) in [4.78, 5) is 3.57. The minimum Gasteiger partial charge on any atom is -0.278 e. The molecule has 1 N–H and O–H groups in total. The fraction of sp³-hybridized carbons (Fsp3) is 0.154. The Labute approximate surface area is 121 Å². The average molecular weight is 315 g/mol. The van der Waals surface area contributed by atoms with Crippen LogP contribution in [0.3, 0.4) is 0 Å². The fourth-order valence-corrected chi connectivity index (χ4v) is 3.45. The first-order chi connectivity index (χ1) is 9.31. The van der Waals surface area contributed by atoms with E-state index in [0.29, 0.717) is 5.69 Å². The van der Waals surface area contributed by atoms with E-state index in [-0.39, 0.29) is 10.7 Å². The van der Waals surface area contributed by atoms with E-state index in [9.17, 15) is 12.8 Å². The smallest absolute Gasteiger partial charge is 0.266 e. The summed E-state index contributed by atoms with van der Waals surface area (Å²) in [7, 11) is -4.11. The van der Waals surface area contributed by atoms with E-state index in [1.54, 1.807) is 26.0 Å². The number of nitrogens with one attached hydrogen (secondary N) is 1. The zero-order valence-electron chi connectivity index (χ0n) is 10.8. The van der Waals surface area contributed by atoms with Crippen LogP contribution in [-0.4, -0.2) is 13.4 Å². The van der Waals surface area contributed by atoms with Gasteiger partial charge >= 0.3 is 0 Å². The van der Waals surface area contributed by atoms with Crippen LogP contribution in [0.1, 0.15) is 11.4 Å². The van der Waals surface area contributed by atoms with Crippen LogP contribution in [-0.2, 0) is 10.0 Å². The van der Waals surface area contributed by atoms with Gasteiger partial charge in [-0.15, -0.1) is 0 Å². The number of pyridine rings is 1. The van der Waals surface area contributed by atoms with Gasteiger partial charge in [0.1, 0.15) is 10.7 Å². The maximum atomic E-state index is 13.7. The van der Waals surface area contributed by atoms with Crippen LogP contribution in [0.25, 0.3) is 0 Å².